The average Bonchev–Trinajstić information content (AvgIpc) is 2.84. The number of halogens is 1. The molecular weight excluding hydrogens is 530 g/mol. The molecule has 0 spiro atoms. The van der Waals surface area contributed by atoms with Crippen molar-refractivity contribution in [2.24, 2.45) is 0 Å². The number of anilines is 1. The van der Waals surface area contributed by atoms with Crippen molar-refractivity contribution in [2.45, 2.75) is 18.9 Å². The van der Waals surface area contributed by atoms with Crippen LogP contribution in [0, 0.1) is 11.8 Å². The molecule has 1 saturated heterocycles. The Morgan fingerprint density at radius 2 is 2.09 bits per heavy atom. The summed E-state index contributed by atoms with van der Waals surface area (Å²) in [5.74, 6) is 6.79. The van der Waals surface area contributed by atoms with Gasteiger partial charge >= 0.3 is 0 Å². The number of fused-ring (bicyclic) bond motifs is 3. The SMILES string of the molecule is CS(=O)(=O)N1CCC[C@H](Nc2nc3c(C#Cc4cccnc4)c[nH]c(=O)c3c3cc(Br)ccc23)C1. The molecule has 1 aliphatic heterocycles. The van der Waals surface area contributed by atoms with Crippen LogP contribution in [0.25, 0.3) is 21.7 Å². The third-order valence-corrected chi connectivity index (χ3v) is 7.76. The minimum atomic E-state index is -3.28. The molecule has 2 N–H and O–H groups in total. The molecule has 3 aromatic heterocycles. The number of piperidine rings is 1. The van der Waals surface area contributed by atoms with E-state index in [1.54, 1.807) is 18.6 Å². The summed E-state index contributed by atoms with van der Waals surface area (Å²) in [6, 6.07) is 9.25. The van der Waals surface area contributed by atoms with Crippen LogP contribution >= 0.6 is 15.9 Å². The van der Waals surface area contributed by atoms with E-state index in [9.17, 15) is 13.2 Å². The monoisotopic (exact) mass is 551 g/mol. The molecule has 35 heavy (non-hydrogen) atoms. The zero-order valence-corrected chi connectivity index (χ0v) is 21.3. The number of sulfonamides is 1. The number of hydrogen-bond donors (Lipinski definition) is 2. The standard InChI is InChI=1S/C25H22BrN5O3S/c1-35(33,34)31-11-3-5-19(15-31)29-24-20-9-8-18(26)12-21(20)22-23(30-24)17(14-28-25(22)32)7-6-16-4-2-10-27-13-16/h2,4,8-10,12-14,19H,3,5,11,15H2,1H3,(H,28,32)(H,29,30)/t19-/m0/s1. The Kier molecular flexibility index (Phi) is 6.32. The van der Waals surface area contributed by atoms with Crippen LogP contribution < -0.4 is 10.9 Å². The van der Waals surface area contributed by atoms with E-state index >= 15 is 0 Å². The Labute approximate surface area is 211 Å². The second-order valence-corrected chi connectivity index (χ2v) is 11.4. The van der Waals surface area contributed by atoms with Crippen LogP contribution in [0.4, 0.5) is 5.82 Å². The summed E-state index contributed by atoms with van der Waals surface area (Å²) >= 11 is 3.51. The van der Waals surface area contributed by atoms with Crippen molar-refractivity contribution in [1.82, 2.24) is 19.3 Å². The van der Waals surface area contributed by atoms with Crippen LogP contribution in [0.1, 0.15) is 24.0 Å². The van der Waals surface area contributed by atoms with Gasteiger partial charge in [-0.05, 0) is 43.2 Å². The summed E-state index contributed by atoms with van der Waals surface area (Å²) in [5, 5.41) is 5.41. The van der Waals surface area contributed by atoms with E-state index in [1.807, 2.05) is 30.3 Å². The summed E-state index contributed by atoms with van der Waals surface area (Å²) in [6.45, 7) is 0.874. The van der Waals surface area contributed by atoms with E-state index in [0.29, 0.717) is 35.4 Å². The van der Waals surface area contributed by atoms with Crippen molar-refractivity contribution in [3.05, 3.63) is 74.9 Å². The quantitative estimate of drug-likeness (QED) is 0.298. The van der Waals surface area contributed by atoms with Crippen LogP contribution in [0.5, 0.6) is 0 Å². The third kappa shape index (κ3) is 4.93. The molecule has 4 heterocycles. The molecule has 1 aromatic carbocycles. The van der Waals surface area contributed by atoms with Gasteiger partial charge in [-0.1, -0.05) is 27.8 Å². The van der Waals surface area contributed by atoms with E-state index in [1.165, 1.54) is 10.6 Å². The average molecular weight is 552 g/mol. The summed E-state index contributed by atoms with van der Waals surface area (Å²) in [7, 11) is -3.28. The van der Waals surface area contributed by atoms with E-state index < -0.39 is 10.0 Å². The van der Waals surface area contributed by atoms with Crippen LogP contribution in [-0.2, 0) is 10.0 Å². The van der Waals surface area contributed by atoms with Crippen LogP contribution in [0.2, 0.25) is 0 Å². The second kappa shape index (κ2) is 9.41. The Morgan fingerprint density at radius 1 is 1.23 bits per heavy atom. The second-order valence-electron chi connectivity index (χ2n) is 8.50. The molecule has 1 aliphatic rings. The number of nitrogens with zero attached hydrogens (tertiary/aromatic N) is 3. The molecule has 0 saturated carbocycles. The van der Waals surface area contributed by atoms with Crippen LogP contribution in [-0.4, -0.2) is 53.1 Å². The minimum absolute atomic E-state index is 0.109. The highest BCUT2D eigenvalue weighted by Gasteiger charge is 2.27. The van der Waals surface area contributed by atoms with Crippen molar-refractivity contribution in [1.29, 1.82) is 0 Å². The topological polar surface area (TPSA) is 108 Å². The fourth-order valence-electron chi connectivity index (χ4n) is 4.32. The molecule has 4 aromatic rings. The molecule has 8 nitrogen and oxygen atoms in total. The van der Waals surface area contributed by atoms with Gasteiger partial charge in [-0.2, -0.15) is 0 Å². The van der Waals surface area contributed by atoms with Crippen molar-refractivity contribution in [2.75, 3.05) is 24.7 Å². The van der Waals surface area contributed by atoms with Gasteiger partial charge in [-0.25, -0.2) is 17.7 Å². The van der Waals surface area contributed by atoms with E-state index in [2.05, 4.69) is 43.1 Å². The van der Waals surface area contributed by atoms with Gasteiger partial charge in [0.05, 0.1) is 22.7 Å². The Hall–Kier alpha value is -3.26. The first kappa shape index (κ1) is 23.5. The fourth-order valence-corrected chi connectivity index (χ4v) is 5.60. The van der Waals surface area contributed by atoms with Crippen molar-refractivity contribution in [3.8, 4) is 11.8 Å². The smallest absolute Gasteiger partial charge is 0.258 e. The van der Waals surface area contributed by atoms with Crippen LogP contribution in [0.15, 0.2) is 58.2 Å². The third-order valence-electron chi connectivity index (χ3n) is 5.99. The number of H-pyrrole nitrogens is 1. The largest absolute Gasteiger partial charge is 0.365 e. The summed E-state index contributed by atoms with van der Waals surface area (Å²) in [5.41, 5.74) is 1.55. The highest BCUT2D eigenvalue weighted by Crippen LogP contribution is 2.32. The fraction of sp³-hybridized carbons (Fsp3) is 0.240. The summed E-state index contributed by atoms with van der Waals surface area (Å²) in [4.78, 5) is 24.7. The maximum absolute atomic E-state index is 12.9. The predicted molar refractivity (Wildman–Crippen MR) is 141 cm³/mol. The predicted octanol–water partition coefficient (Wildman–Crippen LogP) is 3.47. The van der Waals surface area contributed by atoms with Gasteiger partial charge in [0.2, 0.25) is 10.0 Å². The summed E-state index contributed by atoms with van der Waals surface area (Å²) < 4.78 is 26.5. The van der Waals surface area contributed by atoms with Gasteiger partial charge in [-0.15, -0.1) is 0 Å². The molecule has 0 aliphatic carbocycles. The lowest BCUT2D eigenvalue weighted by Crippen LogP contribution is -2.44. The highest BCUT2D eigenvalue weighted by molar-refractivity contribution is 9.10. The van der Waals surface area contributed by atoms with E-state index in [-0.39, 0.29) is 11.6 Å². The highest BCUT2D eigenvalue weighted by atomic mass is 79.9. The molecule has 0 unspecified atom stereocenters. The molecule has 1 atom stereocenters. The zero-order chi connectivity index (χ0) is 24.6. The van der Waals surface area contributed by atoms with Gasteiger partial charge in [0.15, 0.2) is 0 Å². The van der Waals surface area contributed by atoms with Gasteiger partial charge < -0.3 is 10.3 Å². The normalized spacial score (nSPS) is 16.7. The molecule has 0 radical (unpaired) electrons. The van der Waals surface area contributed by atoms with Gasteiger partial charge in [0.25, 0.3) is 5.56 Å². The van der Waals surface area contributed by atoms with Gasteiger partial charge in [0.1, 0.15) is 5.82 Å². The lowest BCUT2D eigenvalue weighted by Gasteiger charge is -2.32. The van der Waals surface area contributed by atoms with Crippen molar-refractivity contribution in [3.63, 3.8) is 0 Å². The number of aromatic amines is 1. The molecular formula is C25H22BrN5O3S. The number of benzene rings is 1. The number of nitrogens with one attached hydrogen (secondary N) is 2. The van der Waals surface area contributed by atoms with Crippen LogP contribution in [0.3, 0.4) is 0 Å². The molecule has 5 rings (SSSR count). The molecule has 0 bridgehead atoms. The maximum atomic E-state index is 12.9. The lowest BCUT2D eigenvalue weighted by molar-refractivity contribution is 0.329. The first-order chi connectivity index (χ1) is 16.8. The Morgan fingerprint density at radius 3 is 2.86 bits per heavy atom. The molecule has 1 fully saturated rings. The lowest BCUT2D eigenvalue weighted by atomic mass is 10.0. The number of rotatable bonds is 3. The van der Waals surface area contributed by atoms with Gasteiger partial charge in [0, 0.05) is 58.5 Å². The van der Waals surface area contributed by atoms with Gasteiger partial charge in [-0.3, -0.25) is 9.78 Å². The number of hydrogen-bond acceptors (Lipinski definition) is 6. The van der Waals surface area contributed by atoms with E-state index in [0.717, 1.165) is 33.7 Å². The maximum Gasteiger partial charge on any atom is 0.258 e. The Bertz CT molecular complexity index is 1660. The van der Waals surface area contributed by atoms with Crippen molar-refractivity contribution < 1.29 is 8.42 Å². The Balaban J connectivity index is 1.66. The first-order valence-electron chi connectivity index (χ1n) is 11.1. The zero-order valence-electron chi connectivity index (χ0n) is 18.9. The van der Waals surface area contributed by atoms with Crippen molar-refractivity contribution >= 4 is 53.4 Å². The summed E-state index contributed by atoms with van der Waals surface area (Å²) in [6.07, 6.45) is 7.72. The number of aromatic nitrogens is 3. The molecule has 178 valence electrons. The minimum Gasteiger partial charge on any atom is -0.365 e. The first-order valence-corrected chi connectivity index (χ1v) is 13.7. The molecule has 0 amide bonds. The number of pyridine rings is 3. The molecule has 10 heteroatoms. The van der Waals surface area contributed by atoms with E-state index in [4.69, 9.17) is 4.98 Å².